The fraction of sp³-hybridized carbons (Fsp3) is 0.396. The molecule has 5 heterocycles. The number of benzene rings is 2. The maximum Gasteiger partial charge on any atom is 0.161 e. The van der Waals surface area contributed by atoms with E-state index in [2.05, 4.69) is 81.6 Å². The third kappa shape index (κ3) is 12.3. The van der Waals surface area contributed by atoms with Crippen molar-refractivity contribution < 1.29 is 23.9 Å². The molecular weight excluding hydrogens is 860 g/mol. The van der Waals surface area contributed by atoms with Crippen LogP contribution in [0.1, 0.15) is 59.5 Å². The number of hydrogen-bond donors (Lipinski definition) is 1. The first-order chi connectivity index (χ1) is 30.4. The Hall–Kier alpha value is -5.33. The van der Waals surface area contributed by atoms with Crippen LogP contribution in [0.3, 0.4) is 0 Å². The van der Waals surface area contributed by atoms with E-state index in [1.807, 2.05) is 60.9 Å². The van der Waals surface area contributed by atoms with Crippen molar-refractivity contribution in [3.05, 3.63) is 95.6 Å². The second-order valence-electron chi connectivity index (χ2n) is 18.1. The summed E-state index contributed by atoms with van der Waals surface area (Å²) in [5, 5.41) is 0. The molecule has 0 aliphatic rings. The first kappa shape index (κ1) is 49.7. The molecule has 0 spiro atoms. The molecule has 16 heteroatoms. The Morgan fingerprint density at radius 1 is 0.719 bits per heavy atom. The van der Waals surface area contributed by atoms with Crippen molar-refractivity contribution in [3.8, 4) is 22.5 Å². The van der Waals surface area contributed by atoms with Gasteiger partial charge in [0.15, 0.2) is 28.5 Å². The Labute approximate surface area is 383 Å². The maximum atomic E-state index is 11.8. The number of ketones is 2. The number of anilines is 1. The van der Waals surface area contributed by atoms with Crippen LogP contribution in [0, 0.1) is 0 Å². The number of nitrogens with zero attached hydrogens (tertiary/aromatic N) is 7. The lowest BCUT2D eigenvalue weighted by molar-refractivity contribution is -0.105. The van der Waals surface area contributed by atoms with Crippen LogP contribution in [-0.2, 0) is 40.6 Å². The molecule has 13 nitrogen and oxygen atoms in total. The average Bonchev–Trinajstić information content (AvgIpc) is 3.95. The first-order valence-corrected chi connectivity index (χ1v) is 29.7. The van der Waals surface area contributed by atoms with Gasteiger partial charge in [-0.1, -0.05) is 102 Å². The number of aryl methyl sites for hydroxylation is 2. The van der Waals surface area contributed by atoms with Crippen molar-refractivity contribution in [1.29, 1.82) is 0 Å². The predicted molar refractivity (Wildman–Crippen MR) is 265 cm³/mol. The molecule has 2 aromatic carbocycles. The van der Waals surface area contributed by atoms with Gasteiger partial charge in [0.25, 0.3) is 0 Å². The van der Waals surface area contributed by atoms with Crippen LogP contribution in [0.4, 0.5) is 5.82 Å². The SMILES string of the molecule is CCc1c(-c2ccc(C(C)=O)cc2)n(COCC[Si](C)(C)C)c2ncc(N)nc12.CCc1c(-c2ccc(C(C)=O)cc2)n(COCC[Si](C)(C)C)c2ncc3nccn3c12.O=CCCl. The summed E-state index contributed by atoms with van der Waals surface area (Å²) in [7, 11) is -2.33. The van der Waals surface area contributed by atoms with Crippen molar-refractivity contribution in [2.45, 2.75) is 105 Å². The highest BCUT2D eigenvalue weighted by atomic mass is 35.5. The van der Waals surface area contributed by atoms with Gasteiger partial charge in [0, 0.05) is 64.0 Å². The topological polar surface area (TPSA) is 162 Å². The molecule has 2 N–H and O–H groups in total. The first-order valence-electron chi connectivity index (χ1n) is 21.8. The lowest BCUT2D eigenvalue weighted by atomic mass is 10.0. The van der Waals surface area contributed by atoms with Crippen LogP contribution in [0.5, 0.6) is 0 Å². The lowest BCUT2D eigenvalue weighted by Crippen LogP contribution is -2.22. The molecule has 7 rings (SSSR count). The molecule has 0 fully saturated rings. The second kappa shape index (κ2) is 22.0. The van der Waals surface area contributed by atoms with E-state index < -0.39 is 16.1 Å². The summed E-state index contributed by atoms with van der Waals surface area (Å²) >= 11 is 4.82. The number of nitrogens with two attached hydrogens (primary N) is 1. The monoisotopic (exact) mass is 922 g/mol. The fourth-order valence-corrected chi connectivity index (χ4v) is 8.81. The van der Waals surface area contributed by atoms with E-state index in [9.17, 15) is 9.59 Å². The quantitative estimate of drug-likeness (QED) is 0.0306. The van der Waals surface area contributed by atoms with Gasteiger partial charge in [-0.2, -0.15) is 0 Å². The molecule has 64 heavy (non-hydrogen) atoms. The molecule has 7 aromatic rings. The number of carbonyl (C=O) groups is 3. The molecule has 0 bridgehead atoms. The molecule has 0 radical (unpaired) electrons. The molecule has 0 atom stereocenters. The van der Waals surface area contributed by atoms with Gasteiger partial charge >= 0.3 is 0 Å². The molecular formula is C48H63ClN8O5Si2. The highest BCUT2D eigenvalue weighted by molar-refractivity contribution is 6.76. The van der Waals surface area contributed by atoms with Gasteiger partial charge in [0.2, 0.25) is 0 Å². The highest BCUT2D eigenvalue weighted by Crippen LogP contribution is 2.35. The standard InChI is InChI=1S/C24H30N4O2Si.C22H30N4O2Si.C2H3ClO/c1-6-20-22(19-9-7-18(8-10-19)17(2)29)28(16-30-13-14-31(3,4)5)24-23(20)27-12-11-25-21(27)15-26-24;1-6-18-20-22(24-13-19(23)25-20)26(14-28-11-12-29(3,4)5)21(18)17-9-7-16(8-10-17)15(2)27;3-1-2-4/h7-12,15H,6,13-14,16H2,1-5H3;7-10,13H,6,11-12,14H2,1-5H3,(H2,23,25);2H,1H2. The van der Waals surface area contributed by atoms with Crippen LogP contribution < -0.4 is 5.73 Å². The molecule has 0 unspecified atom stereocenters. The van der Waals surface area contributed by atoms with Crippen molar-refractivity contribution in [2.24, 2.45) is 0 Å². The summed E-state index contributed by atoms with van der Waals surface area (Å²) in [4.78, 5) is 50.8. The zero-order chi connectivity index (χ0) is 46.8. The van der Waals surface area contributed by atoms with Gasteiger partial charge in [0.05, 0.1) is 35.2 Å². The number of carbonyl (C=O) groups excluding carboxylic acids is 3. The van der Waals surface area contributed by atoms with Crippen LogP contribution in [0.25, 0.3) is 50.5 Å². The van der Waals surface area contributed by atoms with Gasteiger partial charge in [-0.25, -0.2) is 19.9 Å². The van der Waals surface area contributed by atoms with Gasteiger partial charge in [0.1, 0.15) is 31.1 Å². The molecule has 0 amide bonds. The lowest BCUT2D eigenvalue weighted by Gasteiger charge is -2.17. The summed E-state index contributed by atoms with van der Waals surface area (Å²) < 4.78 is 18.6. The van der Waals surface area contributed by atoms with Gasteiger partial charge in [-0.3, -0.25) is 23.1 Å². The van der Waals surface area contributed by atoms with E-state index in [1.165, 1.54) is 5.56 Å². The predicted octanol–water partition coefficient (Wildman–Crippen LogP) is 10.6. The van der Waals surface area contributed by atoms with E-state index in [0.717, 1.165) is 94.2 Å². The van der Waals surface area contributed by atoms with E-state index in [4.69, 9.17) is 36.6 Å². The van der Waals surface area contributed by atoms with Crippen molar-refractivity contribution in [3.63, 3.8) is 0 Å². The van der Waals surface area contributed by atoms with Crippen molar-refractivity contribution in [2.75, 3.05) is 24.8 Å². The van der Waals surface area contributed by atoms with Gasteiger partial charge in [-0.15, -0.1) is 11.6 Å². The smallest absolute Gasteiger partial charge is 0.161 e. The van der Waals surface area contributed by atoms with Crippen LogP contribution in [0.2, 0.25) is 51.4 Å². The zero-order valence-electron chi connectivity index (χ0n) is 39.0. The summed E-state index contributed by atoms with van der Waals surface area (Å²) in [5.74, 6) is 0.639. The number of halogens is 1. The Bertz CT molecular complexity index is 2700. The number of rotatable bonds is 17. The third-order valence-corrected chi connectivity index (χ3v) is 14.3. The van der Waals surface area contributed by atoms with Gasteiger partial charge in [-0.05, 0) is 49.9 Å². The Morgan fingerprint density at radius 3 is 1.64 bits per heavy atom. The van der Waals surface area contributed by atoms with Crippen LogP contribution >= 0.6 is 11.6 Å². The molecule has 0 saturated carbocycles. The number of alkyl halides is 1. The molecule has 0 saturated heterocycles. The molecule has 340 valence electrons. The number of Topliss-reactive ketones (excluding diaryl/α,β-unsaturated/α-hetero) is 2. The Balaban J connectivity index is 0.000000223. The number of aldehydes is 1. The molecule has 5 aromatic heterocycles. The van der Waals surface area contributed by atoms with E-state index >= 15 is 0 Å². The minimum absolute atomic E-state index is 0.0543. The van der Waals surface area contributed by atoms with Crippen molar-refractivity contribution in [1.82, 2.24) is 33.5 Å². The van der Waals surface area contributed by atoms with E-state index in [0.29, 0.717) is 36.7 Å². The van der Waals surface area contributed by atoms with E-state index in [1.54, 1.807) is 26.2 Å². The summed E-state index contributed by atoms with van der Waals surface area (Å²) in [6.07, 6.45) is 9.46. The number of hydrogen-bond acceptors (Lipinski definition) is 10. The fourth-order valence-electron chi connectivity index (χ4n) is 7.30. The largest absolute Gasteiger partial charge is 0.382 e. The summed E-state index contributed by atoms with van der Waals surface area (Å²) in [6.45, 7) is 23.8. The molecule has 0 aliphatic heterocycles. The minimum atomic E-state index is -1.17. The highest BCUT2D eigenvalue weighted by Gasteiger charge is 2.23. The molecule has 0 aliphatic carbocycles. The Morgan fingerprint density at radius 2 is 1.19 bits per heavy atom. The Kier molecular flexibility index (Phi) is 17.1. The number of ether oxygens (including phenoxy) is 2. The van der Waals surface area contributed by atoms with Crippen LogP contribution in [0.15, 0.2) is 73.3 Å². The minimum Gasteiger partial charge on any atom is -0.382 e. The van der Waals surface area contributed by atoms with Crippen molar-refractivity contribution >= 4 is 79.4 Å². The normalized spacial score (nSPS) is 11.7. The zero-order valence-corrected chi connectivity index (χ0v) is 41.8. The number of nitrogen functional groups attached to an aromatic ring is 1. The third-order valence-electron chi connectivity index (χ3n) is 10.7. The maximum absolute atomic E-state index is 11.8. The summed E-state index contributed by atoms with van der Waals surface area (Å²) in [6, 6.07) is 17.7. The van der Waals surface area contributed by atoms with Crippen LogP contribution in [-0.4, -0.2) is 86.6 Å². The number of imidazole rings is 1. The second-order valence-corrected chi connectivity index (χ2v) is 29.6. The average molecular weight is 924 g/mol. The van der Waals surface area contributed by atoms with Gasteiger partial charge < -0.3 is 20.0 Å². The van der Waals surface area contributed by atoms with E-state index in [-0.39, 0.29) is 17.4 Å². The number of aromatic nitrogens is 7. The number of fused-ring (bicyclic) bond motifs is 4. The summed E-state index contributed by atoms with van der Waals surface area (Å²) in [5.41, 5.74) is 18.2.